The molecule has 0 spiro atoms. The summed E-state index contributed by atoms with van der Waals surface area (Å²) in [6, 6.07) is 0. The number of sulfonamides is 1. The Morgan fingerprint density at radius 2 is 2.00 bits per heavy atom. The molecule has 1 saturated carbocycles. The van der Waals surface area contributed by atoms with Crippen molar-refractivity contribution < 1.29 is 8.42 Å². The highest BCUT2D eigenvalue weighted by Crippen LogP contribution is 2.32. The Labute approximate surface area is 122 Å². The van der Waals surface area contributed by atoms with E-state index in [4.69, 9.17) is 0 Å². The molecule has 106 valence electrons. The maximum absolute atomic E-state index is 12.0. The normalized spacial score (nSPS) is 15.9. The van der Waals surface area contributed by atoms with Crippen molar-refractivity contribution in [3.63, 3.8) is 0 Å². The first kappa shape index (κ1) is 14.9. The second-order valence-electron chi connectivity index (χ2n) is 4.94. The summed E-state index contributed by atoms with van der Waals surface area (Å²) < 4.78 is 26.3. The summed E-state index contributed by atoms with van der Waals surface area (Å²) in [6.07, 6.45) is 7.04. The molecule has 1 aromatic rings. The summed E-state index contributed by atoms with van der Waals surface area (Å²) in [4.78, 5) is 8.27. The molecular weight excluding hydrogens is 330 g/mol. The van der Waals surface area contributed by atoms with Gasteiger partial charge in [-0.1, -0.05) is 12.8 Å². The van der Waals surface area contributed by atoms with Crippen LogP contribution >= 0.6 is 15.9 Å². The van der Waals surface area contributed by atoms with Crippen LogP contribution in [0.15, 0.2) is 16.9 Å². The van der Waals surface area contributed by atoms with Crippen LogP contribution in [0.3, 0.4) is 0 Å². The highest BCUT2D eigenvalue weighted by atomic mass is 79.9. The van der Waals surface area contributed by atoms with Crippen molar-refractivity contribution in [2.45, 2.75) is 25.7 Å². The number of aromatic nitrogens is 2. The minimum Gasteiger partial charge on any atom is -0.240 e. The molecular formula is C12H18BrN3O2S. The first-order valence-electron chi connectivity index (χ1n) is 6.38. The quantitative estimate of drug-likeness (QED) is 0.754. The summed E-state index contributed by atoms with van der Waals surface area (Å²) >= 11 is 3.27. The molecule has 0 radical (unpaired) electrons. The fourth-order valence-corrected chi connectivity index (χ4v) is 3.26. The smallest absolute Gasteiger partial charge is 0.213 e. The molecule has 2 rings (SSSR count). The highest BCUT2D eigenvalue weighted by Gasteiger charge is 2.25. The molecule has 1 heterocycles. The van der Waals surface area contributed by atoms with Crippen LogP contribution in [0.2, 0.25) is 0 Å². The molecule has 1 aliphatic rings. The van der Waals surface area contributed by atoms with Gasteiger partial charge in [0.25, 0.3) is 0 Å². The lowest BCUT2D eigenvalue weighted by Gasteiger charge is -2.16. The summed E-state index contributed by atoms with van der Waals surface area (Å²) in [5.41, 5.74) is 0. The third-order valence-corrected chi connectivity index (χ3v) is 5.57. The van der Waals surface area contributed by atoms with E-state index in [1.54, 1.807) is 19.4 Å². The Morgan fingerprint density at radius 1 is 1.37 bits per heavy atom. The van der Waals surface area contributed by atoms with Crippen molar-refractivity contribution in [3.05, 3.63) is 22.7 Å². The molecule has 1 aromatic heterocycles. The molecule has 5 nitrogen and oxygen atoms in total. The Kier molecular flexibility index (Phi) is 4.92. The minimum atomic E-state index is -3.13. The summed E-state index contributed by atoms with van der Waals surface area (Å²) in [7, 11) is -1.50. The molecule has 7 heteroatoms. The Morgan fingerprint density at radius 3 is 2.58 bits per heavy atom. The van der Waals surface area contributed by atoms with Gasteiger partial charge in [-0.15, -0.1) is 0 Å². The number of rotatable bonds is 7. The van der Waals surface area contributed by atoms with E-state index in [0.717, 1.165) is 10.9 Å². The molecule has 0 amide bonds. The maximum Gasteiger partial charge on any atom is 0.213 e. The molecule has 19 heavy (non-hydrogen) atoms. The SMILES string of the molecule is CN(CCc1ncc(Br)cn1)S(=O)(=O)CCC1CC1. The van der Waals surface area contributed by atoms with Crippen LogP contribution in [0.25, 0.3) is 0 Å². The number of hydrogen-bond acceptors (Lipinski definition) is 4. The van der Waals surface area contributed by atoms with E-state index in [2.05, 4.69) is 25.9 Å². The molecule has 0 aromatic carbocycles. The zero-order chi connectivity index (χ0) is 13.9. The van der Waals surface area contributed by atoms with E-state index >= 15 is 0 Å². The lowest BCUT2D eigenvalue weighted by Crippen LogP contribution is -2.31. The zero-order valence-corrected chi connectivity index (χ0v) is 13.3. The summed E-state index contributed by atoms with van der Waals surface area (Å²) in [5.74, 6) is 1.56. The van der Waals surface area contributed by atoms with Crippen molar-refractivity contribution in [1.29, 1.82) is 0 Å². The first-order valence-corrected chi connectivity index (χ1v) is 8.78. The zero-order valence-electron chi connectivity index (χ0n) is 10.9. The Bertz CT molecular complexity index is 514. The number of halogens is 1. The molecule has 1 aliphatic carbocycles. The van der Waals surface area contributed by atoms with Crippen LogP contribution in [0, 0.1) is 5.92 Å². The molecule has 0 unspecified atom stereocenters. The third-order valence-electron chi connectivity index (χ3n) is 3.28. The highest BCUT2D eigenvalue weighted by molar-refractivity contribution is 9.10. The molecule has 0 atom stereocenters. The van der Waals surface area contributed by atoms with Crippen LogP contribution in [0.1, 0.15) is 25.1 Å². The van der Waals surface area contributed by atoms with Gasteiger partial charge in [-0.3, -0.25) is 0 Å². The predicted molar refractivity (Wildman–Crippen MR) is 77.2 cm³/mol. The van der Waals surface area contributed by atoms with E-state index in [-0.39, 0.29) is 5.75 Å². The Balaban J connectivity index is 1.81. The van der Waals surface area contributed by atoms with Gasteiger partial charge in [0, 0.05) is 32.4 Å². The van der Waals surface area contributed by atoms with Crippen molar-refractivity contribution in [3.8, 4) is 0 Å². The standard InChI is InChI=1S/C12H18BrN3O2S/c1-16(19(17,18)7-5-10-2-3-10)6-4-12-14-8-11(13)9-15-12/h8-10H,2-7H2,1H3. The molecule has 1 fully saturated rings. The number of hydrogen-bond donors (Lipinski definition) is 0. The van der Waals surface area contributed by atoms with Gasteiger partial charge in [0.2, 0.25) is 10.0 Å². The van der Waals surface area contributed by atoms with Crippen molar-refractivity contribution >= 4 is 26.0 Å². The Hall–Kier alpha value is -0.530. The van der Waals surface area contributed by atoms with Gasteiger partial charge in [-0.2, -0.15) is 0 Å². The van der Waals surface area contributed by atoms with E-state index in [0.29, 0.717) is 24.7 Å². The molecule has 0 N–H and O–H groups in total. The van der Waals surface area contributed by atoms with E-state index < -0.39 is 10.0 Å². The van der Waals surface area contributed by atoms with Gasteiger partial charge in [-0.05, 0) is 28.3 Å². The number of likely N-dealkylation sites (N-methyl/N-ethyl adjacent to an activating group) is 1. The second kappa shape index (κ2) is 6.28. The van der Waals surface area contributed by atoms with Crippen molar-refractivity contribution in [1.82, 2.24) is 14.3 Å². The predicted octanol–water partition coefficient (Wildman–Crippen LogP) is 1.84. The van der Waals surface area contributed by atoms with Crippen LogP contribution < -0.4 is 0 Å². The fourth-order valence-electron chi connectivity index (χ4n) is 1.74. The number of nitrogens with zero attached hydrogens (tertiary/aromatic N) is 3. The van der Waals surface area contributed by atoms with Crippen molar-refractivity contribution in [2.75, 3.05) is 19.3 Å². The molecule has 0 aliphatic heterocycles. The van der Waals surface area contributed by atoms with Crippen LogP contribution in [-0.4, -0.2) is 42.0 Å². The summed E-state index contributed by atoms with van der Waals surface area (Å²) in [5, 5.41) is 0. The van der Waals surface area contributed by atoms with E-state index in [1.165, 1.54) is 17.1 Å². The van der Waals surface area contributed by atoms with Crippen LogP contribution in [-0.2, 0) is 16.4 Å². The largest absolute Gasteiger partial charge is 0.240 e. The first-order chi connectivity index (χ1) is 8.97. The molecule has 0 bridgehead atoms. The average Bonchev–Trinajstić information content (AvgIpc) is 3.19. The van der Waals surface area contributed by atoms with Gasteiger partial charge in [0.15, 0.2) is 0 Å². The topological polar surface area (TPSA) is 63.2 Å². The second-order valence-corrected chi connectivity index (χ2v) is 8.05. The average molecular weight is 348 g/mol. The monoisotopic (exact) mass is 347 g/mol. The van der Waals surface area contributed by atoms with Gasteiger partial charge in [0.1, 0.15) is 5.82 Å². The van der Waals surface area contributed by atoms with Crippen LogP contribution in [0.4, 0.5) is 0 Å². The third kappa shape index (κ3) is 4.81. The lowest BCUT2D eigenvalue weighted by atomic mass is 10.3. The summed E-state index contributed by atoms with van der Waals surface area (Å²) in [6.45, 7) is 0.425. The lowest BCUT2D eigenvalue weighted by molar-refractivity contribution is 0.466. The van der Waals surface area contributed by atoms with Gasteiger partial charge in [0.05, 0.1) is 10.2 Å². The van der Waals surface area contributed by atoms with E-state index in [9.17, 15) is 8.42 Å². The van der Waals surface area contributed by atoms with E-state index in [1.807, 2.05) is 0 Å². The minimum absolute atomic E-state index is 0.259. The maximum atomic E-state index is 12.0. The van der Waals surface area contributed by atoms with Gasteiger partial charge >= 0.3 is 0 Å². The van der Waals surface area contributed by atoms with Gasteiger partial charge < -0.3 is 0 Å². The van der Waals surface area contributed by atoms with Crippen LogP contribution in [0.5, 0.6) is 0 Å². The van der Waals surface area contributed by atoms with Gasteiger partial charge in [-0.25, -0.2) is 22.7 Å². The fraction of sp³-hybridized carbons (Fsp3) is 0.667. The molecule has 0 saturated heterocycles. The van der Waals surface area contributed by atoms with Crippen molar-refractivity contribution in [2.24, 2.45) is 5.92 Å².